The number of benzene rings is 1. The Bertz CT molecular complexity index is 884. The van der Waals surface area contributed by atoms with Gasteiger partial charge in [0, 0.05) is 17.5 Å². The van der Waals surface area contributed by atoms with E-state index in [2.05, 4.69) is 4.98 Å². The summed E-state index contributed by atoms with van der Waals surface area (Å²) in [4.78, 5) is 17.4. The maximum absolute atomic E-state index is 12.6. The summed E-state index contributed by atoms with van der Waals surface area (Å²) in [6, 6.07) is 5.67. The minimum atomic E-state index is -0.614. The highest BCUT2D eigenvalue weighted by atomic mass is 35.5. The zero-order valence-corrected chi connectivity index (χ0v) is 16.9. The first-order chi connectivity index (χ1) is 12.3. The molecule has 2 aromatic rings. The van der Waals surface area contributed by atoms with E-state index in [-0.39, 0.29) is 16.7 Å². The normalized spacial score (nSPS) is 17.2. The number of thioether (sulfide) groups is 1. The molecule has 1 aliphatic rings. The third-order valence-electron chi connectivity index (χ3n) is 4.86. The summed E-state index contributed by atoms with van der Waals surface area (Å²) in [5.41, 5.74) is 1.08. The van der Waals surface area contributed by atoms with Gasteiger partial charge in [0.1, 0.15) is 16.3 Å². The van der Waals surface area contributed by atoms with Crippen LogP contribution in [-0.4, -0.2) is 26.2 Å². The lowest BCUT2D eigenvalue weighted by molar-refractivity contribution is -0.158. The van der Waals surface area contributed by atoms with Crippen LogP contribution in [0.1, 0.15) is 53.0 Å². The van der Waals surface area contributed by atoms with Crippen molar-refractivity contribution in [1.29, 1.82) is 0 Å². The van der Waals surface area contributed by atoms with Gasteiger partial charge in [0.05, 0.1) is 11.0 Å². The molecule has 1 N–H and O–H groups in total. The van der Waals surface area contributed by atoms with Crippen LogP contribution in [0.5, 0.6) is 0 Å². The fourth-order valence-electron chi connectivity index (χ4n) is 3.24. The van der Waals surface area contributed by atoms with Gasteiger partial charge in [0.15, 0.2) is 5.16 Å². The van der Waals surface area contributed by atoms with Crippen molar-refractivity contribution in [3.05, 3.63) is 33.9 Å². The number of rotatable bonds is 5. The smallest absolute Gasteiger partial charge is 0.349 e. The van der Waals surface area contributed by atoms with E-state index >= 15 is 0 Å². The van der Waals surface area contributed by atoms with Crippen LogP contribution in [0.4, 0.5) is 0 Å². The number of hydrogen-bond acceptors (Lipinski definition) is 5. The number of imidazole rings is 1. The molecular formula is C19H23ClN2O3S. The molecule has 7 heteroatoms. The Morgan fingerprint density at radius 3 is 2.65 bits per heavy atom. The molecule has 0 atom stereocenters. The second-order valence-corrected chi connectivity index (χ2v) is 8.24. The number of carbonyl (C=O) groups excluding carboxylic acids is 1. The Labute approximate surface area is 162 Å². The zero-order valence-electron chi connectivity index (χ0n) is 15.4. The highest BCUT2D eigenvalue weighted by Gasteiger charge is 2.40. The van der Waals surface area contributed by atoms with E-state index in [0.717, 1.165) is 22.8 Å². The van der Waals surface area contributed by atoms with E-state index in [1.54, 1.807) is 6.07 Å². The topological polar surface area (TPSA) is 64.4 Å². The largest absolute Gasteiger partial charge is 0.511 e. The van der Waals surface area contributed by atoms with Gasteiger partial charge in [0.25, 0.3) is 0 Å². The monoisotopic (exact) mass is 394 g/mol. The molecular weight excluding hydrogens is 372 g/mol. The number of aliphatic hydroxyl groups excluding tert-OH is 1. The molecule has 0 saturated carbocycles. The van der Waals surface area contributed by atoms with E-state index in [1.165, 1.54) is 0 Å². The van der Waals surface area contributed by atoms with Crippen LogP contribution in [0.3, 0.4) is 0 Å². The first-order valence-electron chi connectivity index (χ1n) is 8.81. The van der Waals surface area contributed by atoms with Gasteiger partial charge in [-0.15, -0.1) is 0 Å². The van der Waals surface area contributed by atoms with Gasteiger partial charge in [-0.1, -0.05) is 25.4 Å². The lowest BCUT2D eigenvalue weighted by Crippen LogP contribution is -2.38. The van der Waals surface area contributed by atoms with Crippen LogP contribution in [0, 0.1) is 0 Å². The molecule has 140 valence electrons. The molecule has 0 aliphatic carbocycles. The quantitative estimate of drug-likeness (QED) is 0.665. The maximum Gasteiger partial charge on any atom is 0.349 e. The first kappa shape index (κ1) is 19.1. The molecule has 0 radical (unpaired) electrons. The van der Waals surface area contributed by atoms with E-state index in [9.17, 15) is 9.90 Å². The van der Waals surface area contributed by atoms with Crippen molar-refractivity contribution in [2.24, 2.45) is 0 Å². The molecule has 5 nitrogen and oxygen atoms in total. The van der Waals surface area contributed by atoms with E-state index in [1.807, 2.05) is 44.4 Å². The molecule has 3 rings (SSSR count). The number of nitrogens with zero attached hydrogens (tertiary/aromatic N) is 2. The molecule has 0 spiro atoms. The number of carbonyl (C=O) groups is 1. The number of halogens is 1. The highest BCUT2D eigenvalue weighted by Crippen LogP contribution is 2.41. The summed E-state index contributed by atoms with van der Waals surface area (Å²) in [7, 11) is 0. The van der Waals surface area contributed by atoms with Gasteiger partial charge in [-0.2, -0.15) is 0 Å². The van der Waals surface area contributed by atoms with Gasteiger partial charge < -0.3 is 14.4 Å². The van der Waals surface area contributed by atoms with Crippen molar-refractivity contribution < 1.29 is 14.6 Å². The van der Waals surface area contributed by atoms with Crippen molar-refractivity contribution in [2.45, 2.75) is 63.8 Å². The Balaban J connectivity index is 2.03. The zero-order chi connectivity index (χ0) is 19.1. The highest BCUT2D eigenvalue weighted by molar-refractivity contribution is 8.03. The number of fused-ring (bicyclic) bond motifs is 1. The van der Waals surface area contributed by atoms with Crippen LogP contribution in [-0.2, 0) is 9.53 Å². The van der Waals surface area contributed by atoms with Gasteiger partial charge in [0.2, 0.25) is 0 Å². The predicted molar refractivity (Wildman–Crippen MR) is 105 cm³/mol. The molecule has 0 saturated heterocycles. The van der Waals surface area contributed by atoms with Gasteiger partial charge >= 0.3 is 5.97 Å². The van der Waals surface area contributed by atoms with Gasteiger partial charge in [-0.3, -0.25) is 0 Å². The van der Waals surface area contributed by atoms with Crippen LogP contribution in [0.15, 0.2) is 34.0 Å². The lowest BCUT2D eigenvalue weighted by atomic mass is 9.90. The van der Waals surface area contributed by atoms with E-state index < -0.39 is 11.6 Å². The molecule has 2 heterocycles. The second kappa shape index (κ2) is 7.16. The third kappa shape index (κ3) is 3.32. The molecule has 0 bridgehead atoms. The summed E-state index contributed by atoms with van der Waals surface area (Å²) >= 11 is 7.23. The van der Waals surface area contributed by atoms with Crippen molar-refractivity contribution >= 4 is 40.4 Å². The van der Waals surface area contributed by atoms with Crippen molar-refractivity contribution in [2.75, 3.05) is 0 Å². The number of esters is 1. The average Bonchev–Trinajstić information content (AvgIpc) is 2.95. The SMILES string of the molecule is CCC1(CC)CC(O)=C(Sc2nc3cc(Cl)ccc3n2C(C)C)C(=O)O1. The number of cyclic esters (lactones) is 1. The van der Waals surface area contributed by atoms with Gasteiger partial charge in [-0.25, -0.2) is 9.78 Å². The van der Waals surface area contributed by atoms with Crippen LogP contribution >= 0.6 is 23.4 Å². The Hall–Kier alpha value is -1.66. The van der Waals surface area contributed by atoms with Crippen LogP contribution in [0.25, 0.3) is 11.0 Å². The Kier molecular flexibility index (Phi) is 5.26. The number of aromatic nitrogens is 2. The molecule has 1 aromatic carbocycles. The number of aliphatic hydroxyl groups is 1. The summed E-state index contributed by atoms with van der Waals surface area (Å²) in [6.07, 6.45) is 1.67. The third-order valence-corrected chi connectivity index (χ3v) is 6.18. The summed E-state index contributed by atoms with van der Waals surface area (Å²) in [5, 5.41) is 11.8. The van der Waals surface area contributed by atoms with Crippen LogP contribution < -0.4 is 0 Å². The van der Waals surface area contributed by atoms with Crippen LogP contribution in [0.2, 0.25) is 5.02 Å². The van der Waals surface area contributed by atoms with Crippen molar-refractivity contribution in [3.63, 3.8) is 0 Å². The fourth-order valence-corrected chi connectivity index (χ4v) is 4.45. The fraction of sp³-hybridized carbons (Fsp3) is 0.474. The standard InChI is InChI=1S/C19H23ClN2O3S/c1-5-19(6-2)10-15(23)16(17(24)25-19)26-18-21-13-9-12(20)7-8-14(13)22(18)11(3)4/h7-9,11,23H,5-6,10H2,1-4H3. The van der Waals surface area contributed by atoms with Crippen molar-refractivity contribution in [1.82, 2.24) is 9.55 Å². The summed E-state index contributed by atoms with van der Waals surface area (Å²) < 4.78 is 7.72. The first-order valence-corrected chi connectivity index (χ1v) is 10.0. The van der Waals surface area contributed by atoms with Crippen molar-refractivity contribution in [3.8, 4) is 0 Å². The minimum Gasteiger partial charge on any atom is -0.511 e. The Morgan fingerprint density at radius 2 is 2.08 bits per heavy atom. The molecule has 1 aromatic heterocycles. The van der Waals surface area contributed by atoms with E-state index in [4.69, 9.17) is 16.3 Å². The number of ether oxygens (including phenoxy) is 1. The lowest BCUT2D eigenvalue weighted by Gasteiger charge is -2.35. The Morgan fingerprint density at radius 1 is 1.38 bits per heavy atom. The van der Waals surface area contributed by atoms with Gasteiger partial charge in [-0.05, 0) is 56.7 Å². The molecule has 0 unspecified atom stereocenters. The maximum atomic E-state index is 12.6. The molecule has 0 fully saturated rings. The minimum absolute atomic E-state index is 0.0790. The summed E-state index contributed by atoms with van der Waals surface area (Å²) in [5.74, 6) is -0.404. The molecule has 26 heavy (non-hydrogen) atoms. The average molecular weight is 395 g/mol. The van der Waals surface area contributed by atoms with E-state index in [0.29, 0.717) is 29.4 Å². The summed E-state index contributed by atoms with van der Waals surface area (Å²) in [6.45, 7) is 8.02. The molecule has 0 amide bonds. The molecule has 1 aliphatic heterocycles. The second-order valence-electron chi connectivity index (χ2n) is 6.83. The predicted octanol–water partition coefficient (Wildman–Crippen LogP) is 5.64. The number of hydrogen-bond donors (Lipinski definition) is 1.